The molecule has 8 heteroatoms. The Morgan fingerprint density at radius 2 is 0.750 bits per heavy atom. The molecule has 0 atom stereocenters. The first-order valence-corrected chi connectivity index (χ1v) is 8.09. The molecule has 0 radical (unpaired) electrons. The van der Waals surface area contributed by atoms with E-state index in [1.165, 1.54) is 0 Å². The van der Waals surface area contributed by atoms with Crippen molar-refractivity contribution in [1.82, 2.24) is 0 Å². The van der Waals surface area contributed by atoms with Crippen LogP contribution in [0.25, 0.3) is 0 Å². The van der Waals surface area contributed by atoms with Gasteiger partial charge in [0.1, 0.15) is 0 Å². The van der Waals surface area contributed by atoms with E-state index in [1.807, 2.05) is 0 Å². The minimum atomic E-state index is -1.73. The van der Waals surface area contributed by atoms with Crippen LogP contribution in [0.5, 0.6) is 0 Å². The maximum atomic E-state index is 11.3. The van der Waals surface area contributed by atoms with E-state index in [0.29, 0.717) is 25.7 Å². The predicted molar refractivity (Wildman–Crippen MR) is 79.3 cm³/mol. The van der Waals surface area contributed by atoms with Gasteiger partial charge < -0.3 is 20.4 Å². The van der Waals surface area contributed by atoms with Crippen LogP contribution in [0.1, 0.15) is 51.4 Å². The maximum Gasteiger partial charge on any atom is 0.321 e. The molecular formula is C16H22O8. The van der Waals surface area contributed by atoms with Crippen LogP contribution in [-0.4, -0.2) is 44.3 Å². The largest absolute Gasteiger partial charge is 0.480 e. The van der Waals surface area contributed by atoms with Crippen molar-refractivity contribution < 1.29 is 39.6 Å². The molecule has 0 saturated heterocycles. The number of aliphatic carboxylic acids is 4. The van der Waals surface area contributed by atoms with Gasteiger partial charge in [0.2, 0.25) is 0 Å². The first-order valence-electron chi connectivity index (χ1n) is 8.09. The van der Waals surface area contributed by atoms with Gasteiger partial charge in [-0.15, -0.1) is 0 Å². The quantitative estimate of drug-likeness (QED) is 0.551. The van der Waals surface area contributed by atoms with E-state index >= 15 is 0 Å². The van der Waals surface area contributed by atoms with Crippen molar-refractivity contribution >= 4 is 23.9 Å². The van der Waals surface area contributed by atoms with E-state index in [4.69, 9.17) is 0 Å². The van der Waals surface area contributed by atoms with E-state index in [-0.39, 0.29) is 37.5 Å². The van der Waals surface area contributed by atoms with Crippen molar-refractivity contribution in [2.24, 2.45) is 22.7 Å². The molecule has 0 heterocycles. The third kappa shape index (κ3) is 2.85. The Balaban J connectivity index is 2.00. The number of carboxylic acids is 4. The highest BCUT2D eigenvalue weighted by Gasteiger charge is 2.52. The number of carbonyl (C=O) groups is 4. The monoisotopic (exact) mass is 342 g/mol. The highest BCUT2D eigenvalue weighted by Crippen LogP contribution is 2.48. The second-order valence-electron chi connectivity index (χ2n) is 7.06. The summed E-state index contributed by atoms with van der Waals surface area (Å²) in [5.41, 5.74) is -3.45. The van der Waals surface area contributed by atoms with Crippen LogP contribution in [0.2, 0.25) is 0 Å². The molecule has 2 rings (SSSR count). The highest BCUT2D eigenvalue weighted by atomic mass is 16.4. The van der Waals surface area contributed by atoms with Gasteiger partial charge in [0.05, 0.1) is 0 Å². The van der Waals surface area contributed by atoms with Crippen molar-refractivity contribution in [3.05, 3.63) is 0 Å². The van der Waals surface area contributed by atoms with Crippen LogP contribution in [0.3, 0.4) is 0 Å². The molecule has 0 spiro atoms. The third-order valence-electron chi connectivity index (χ3n) is 6.07. The molecule has 4 N–H and O–H groups in total. The fourth-order valence-corrected chi connectivity index (χ4v) is 4.25. The molecule has 2 aliphatic carbocycles. The number of carboxylic acid groups (broad SMARTS) is 4. The van der Waals surface area contributed by atoms with E-state index < -0.39 is 34.7 Å². The first kappa shape index (κ1) is 18.2. The minimum absolute atomic E-state index is 0.0574. The highest BCUT2D eigenvalue weighted by molar-refractivity contribution is 5.98. The van der Waals surface area contributed by atoms with E-state index in [2.05, 4.69) is 0 Å². The minimum Gasteiger partial charge on any atom is -0.480 e. The van der Waals surface area contributed by atoms with Crippen LogP contribution in [0.4, 0.5) is 0 Å². The molecule has 0 unspecified atom stereocenters. The summed E-state index contributed by atoms with van der Waals surface area (Å²) >= 11 is 0. The normalized spacial score (nSPS) is 24.2. The SMILES string of the molecule is O=C(O)C1(C(=O)O)CCC(C2CCC(C(=O)O)(C(=O)O)CC2)CC1. The summed E-state index contributed by atoms with van der Waals surface area (Å²) in [7, 11) is 0. The molecular weight excluding hydrogens is 320 g/mol. The summed E-state index contributed by atoms with van der Waals surface area (Å²) < 4.78 is 0. The lowest BCUT2D eigenvalue weighted by molar-refractivity contribution is -0.172. The van der Waals surface area contributed by atoms with Gasteiger partial charge >= 0.3 is 23.9 Å². The molecule has 0 aromatic carbocycles. The molecule has 134 valence electrons. The van der Waals surface area contributed by atoms with Crippen LogP contribution < -0.4 is 0 Å². The van der Waals surface area contributed by atoms with Gasteiger partial charge in [-0.05, 0) is 63.2 Å². The standard InChI is InChI=1S/C16H22O8/c17-11(18)15(12(19)20)5-1-9(2-6-15)10-3-7-16(8-4-10,13(21)22)14(23)24/h9-10H,1-8H2,(H,17,18)(H,19,20)(H,21,22)(H,23,24). The Morgan fingerprint density at radius 3 is 0.917 bits per heavy atom. The van der Waals surface area contributed by atoms with Gasteiger partial charge in [-0.25, -0.2) is 0 Å². The second-order valence-corrected chi connectivity index (χ2v) is 7.06. The van der Waals surface area contributed by atoms with Crippen molar-refractivity contribution in [2.75, 3.05) is 0 Å². The Kier molecular flexibility index (Phi) is 4.87. The van der Waals surface area contributed by atoms with Gasteiger partial charge in [0.15, 0.2) is 10.8 Å². The van der Waals surface area contributed by atoms with E-state index in [0.717, 1.165) is 0 Å². The fourth-order valence-electron chi connectivity index (χ4n) is 4.25. The number of hydrogen-bond acceptors (Lipinski definition) is 4. The predicted octanol–water partition coefficient (Wildman–Crippen LogP) is 1.68. The Bertz CT molecular complexity index is 468. The summed E-state index contributed by atoms with van der Waals surface area (Å²) in [5.74, 6) is -5.00. The second kappa shape index (κ2) is 6.41. The van der Waals surface area contributed by atoms with E-state index in [1.54, 1.807) is 0 Å². The van der Waals surface area contributed by atoms with Crippen molar-refractivity contribution in [1.29, 1.82) is 0 Å². The lowest BCUT2D eigenvalue weighted by atomic mass is 9.62. The molecule has 2 saturated carbocycles. The molecule has 2 aliphatic rings. The van der Waals surface area contributed by atoms with Crippen molar-refractivity contribution in [3.8, 4) is 0 Å². The Labute approximate surface area is 138 Å². The summed E-state index contributed by atoms with van der Waals surface area (Å²) in [6, 6.07) is 0. The van der Waals surface area contributed by atoms with Gasteiger partial charge in [-0.3, -0.25) is 19.2 Å². The fraction of sp³-hybridized carbons (Fsp3) is 0.750. The topological polar surface area (TPSA) is 149 Å². The zero-order chi connectivity index (χ0) is 18.1. The maximum absolute atomic E-state index is 11.3. The summed E-state index contributed by atoms with van der Waals surface area (Å²) in [6.45, 7) is 0. The molecule has 0 aliphatic heterocycles. The van der Waals surface area contributed by atoms with Gasteiger partial charge in [0.25, 0.3) is 0 Å². The first-order chi connectivity index (χ1) is 11.2. The molecule has 24 heavy (non-hydrogen) atoms. The van der Waals surface area contributed by atoms with Gasteiger partial charge in [0, 0.05) is 0 Å². The Hall–Kier alpha value is -2.12. The van der Waals surface area contributed by atoms with Gasteiger partial charge in [-0.2, -0.15) is 0 Å². The zero-order valence-electron chi connectivity index (χ0n) is 13.2. The molecule has 0 aromatic rings. The number of hydrogen-bond donors (Lipinski definition) is 4. The smallest absolute Gasteiger partial charge is 0.321 e. The molecule has 0 bridgehead atoms. The summed E-state index contributed by atoms with van der Waals surface area (Å²) in [6.07, 6.45) is 2.05. The third-order valence-corrected chi connectivity index (χ3v) is 6.07. The average Bonchev–Trinajstić information content (AvgIpc) is 2.54. The summed E-state index contributed by atoms with van der Waals surface area (Å²) in [4.78, 5) is 45.3. The van der Waals surface area contributed by atoms with Crippen molar-refractivity contribution in [3.63, 3.8) is 0 Å². The molecule has 0 aromatic heterocycles. The Morgan fingerprint density at radius 1 is 0.542 bits per heavy atom. The average molecular weight is 342 g/mol. The zero-order valence-corrected chi connectivity index (χ0v) is 13.2. The molecule has 8 nitrogen and oxygen atoms in total. The molecule has 2 fully saturated rings. The van der Waals surface area contributed by atoms with Gasteiger partial charge in [-0.1, -0.05) is 0 Å². The lowest BCUT2D eigenvalue weighted by Gasteiger charge is -2.41. The van der Waals surface area contributed by atoms with Crippen LogP contribution in [-0.2, 0) is 19.2 Å². The van der Waals surface area contributed by atoms with Crippen LogP contribution in [0, 0.1) is 22.7 Å². The summed E-state index contributed by atoms with van der Waals surface area (Å²) in [5, 5.41) is 36.9. The molecule has 0 amide bonds. The number of rotatable bonds is 5. The van der Waals surface area contributed by atoms with Crippen LogP contribution >= 0.6 is 0 Å². The van der Waals surface area contributed by atoms with Crippen molar-refractivity contribution in [2.45, 2.75) is 51.4 Å². The lowest BCUT2D eigenvalue weighted by Crippen LogP contribution is -2.45. The van der Waals surface area contributed by atoms with E-state index in [9.17, 15) is 39.6 Å². The van der Waals surface area contributed by atoms with Crippen LogP contribution in [0.15, 0.2) is 0 Å².